The molecule has 0 atom stereocenters. The fourth-order valence-electron chi connectivity index (χ4n) is 8.01. The van der Waals surface area contributed by atoms with Crippen LogP contribution in [-0.2, 0) is 9.13 Å². The number of aromatic nitrogens is 6. The van der Waals surface area contributed by atoms with E-state index in [-0.39, 0.29) is 10.6 Å². The van der Waals surface area contributed by atoms with E-state index in [0.29, 0.717) is 67.1 Å². The predicted octanol–water partition coefficient (Wildman–Crippen LogP) is 9.25. The van der Waals surface area contributed by atoms with Gasteiger partial charge in [0, 0.05) is 67.0 Å². The minimum Gasteiger partial charge on any atom is -0.321 e. The Kier molecular flexibility index (Phi) is 8.68. The summed E-state index contributed by atoms with van der Waals surface area (Å²) in [7, 11) is -9.47. The van der Waals surface area contributed by atoms with Gasteiger partial charge in [0.05, 0.1) is 66.5 Å². The molecule has 0 fully saturated rings. The van der Waals surface area contributed by atoms with Crippen LogP contribution in [0.4, 0.5) is 0 Å². The molecule has 298 valence electrons. The van der Waals surface area contributed by atoms with Crippen LogP contribution in [0.1, 0.15) is 0 Å². The lowest BCUT2D eigenvalue weighted by Gasteiger charge is -2.13. The highest BCUT2D eigenvalue weighted by molar-refractivity contribution is 7.60. The third-order valence-corrected chi connectivity index (χ3v) is 12.9. The van der Waals surface area contributed by atoms with Crippen LogP contribution in [0.3, 0.4) is 0 Å². The first-order chi connectivity index (χ1) is 29.9. The summed E-state index contributed by atoms with van der Waals surface area (Å²) in [5.41, 5.74) is 7.59. The van der Waals surface area contributed by atoms with Gasteiger partial charge < -0.3 is 19.6 Å². The molecule has 4 N–H and O–H groups in total. The first kappa shape index (κ1) is 37.8. The summed E-state index contributed by atoms with van der Waals surface area (Å²) >= 11 is 0. The molecule has 0 radical (unpaired) electrons. The molecule has 12 nitrogen and oxygen atoms in total. The molecule has 0 spiro atoms. The van der Waals surface area contributed by atoms with Crippen LogP contribution in [0.15, 0.2) is 158 Å². The fraction of sp³-hybridized carbons (Fsp3) is 0. The number of nitrogens with zero attached hydrogens (tertiary/aromatic N) is 6. The van der Waals surface area contributed by atoms with Crippen LogP contribution in [0.2, 0.25) is 0 Å². The normalized spacial score (nSPS) is 12.3. The van der Waals surface area contributed by atoms with Gasteiger partial charge in [-0.15, -0.1) is 0 Å². The molecule has 0 bridgehead atoms. The molecule has 5 aromatic carbocycles. The Morgan fingerprint density at radius 2 is 0.581 bits per heavy atom. The van der Waals surface area contributed by atoms with Gasteiger partial charge in [0.25, 0.3) is 0 Å². The van der Waals surface area contributed by atoms with Crippen molar-refractivity contribution in [1.29, 1.82) is 0 Å². The summed E-state index contributed by atoms with van der Waals surface area (Å²) in [5.74, 6) is 0. The van der Waals surface area contributed by atoms with Gasteiger partial charge in [0.1, 0.15) is 0 Å². The van der Waals surface area contributed by atoms with Crippen molar-refractivity contribution in [3.63, 3.8) is 0 Å². The van der Waals surface area contributed by atoms with Crippen molar-refractivity contribution < 1.29 is 28.7 Å². The van der Waals surface area contributed by atoms with Crippen LogP contribution in [0, 0.1) is 0 Å². The van der Waals surface area contributed by atoms with E-state index in [1.54, 1.807) is 36.7 Å². The number of hydrogen-bond acceptors (Lipinski definition) is 8. The Balaban J connectivity index is 1.05. The minimum absolute atomic E-state index is 0.186. The third kappa shape index (κ3) is 6.68. The van der Waals surface area contributed by atoms with Crippen molar-refractivity contribution in [3.05, 3.63) is 158 Å². The summed E-state index contributed by atoms with van der Waals surface area (Å²) in [4.78, 5) is 70.8. The second-order valence-corrected chi connectivity index (χ2v) is 18.3. The van der Waals surface area contributed by atoms with Gasteiger partial charge in [-0.1, -0.05) is 72.8 Å². The molecule has 0 aliphatic rings. The van der Waals surface area contributed by atoms with E-state index in [0.717, 1.165) is 43.4 Å². The second kappa shape index (κ2) is 14.2. The van der Waals surface area contributed by atoms with E-state index in [9.17, 15) is 28.7 Å². The van der Waals surface area contributed by atoms with Crippen LogP contribution in [0.5, 0.6) is 0 Å². The fourth-order valence-corrected chi connectivity index (χ4v) is 9.24. The number of hydrogen-bond donors (Lipinski definition) is 4. The van der Waals surface area contributed by atoms with Crippen molar-refractivity contribution in [2.24, 2.45) is 0 Å². The summed E-state index contributed by atoms with van der Waals surface area (Å²) in [6.45, 7) is 0. The maximum Gasteiger partial charge on any atom is 0.356 e. The lowest BCUT2D eigenvalue weighted by molar-refractivity contribution is 0.385. The zero-order valence-electron chi connectivity index (χ0n) is 32.2. The van der Waals surface area contributed by atoms with E-state index in [1.165, 1.54) is 24.3 Å². The lowest BCUT2D eigenvalue weighted by Crippen LogP contribution is -2.06. The molecule has 0 aliphatic carbocycles. The van der Waals surface area contributed by atoms with E-state index < -0.39 is 15.2 Å². The van der Waals surface area contributed by atoms with Gasteiger partial charge in [0.2, 0.25) is 0 Å². The molecule has 62 heavy (non-hydrogen) atoms. The quantitative estimate of drug-likeness (QED) is 0.0917. The van der Waals surface area contributed by atoms with Gasteiger partial charge in [-0.2, -0.15) is 0 Å². The standard InChI is InChI=1S/C48H30N6O6P2/c55-61(56,57)37-23-33(39-15-11-29-7-5-27-3-1-19-49-43(27)45(29)51-39)21-35(25-37)41-17-13-31-9-10-32-14-18-42(54-48(32)47(31)53-41)36-22-34(24-38(26-36)62(58,59)60)40-16-12-30-8-6-28-4-2-20-50-44(28)46(30)52-40/h1-26H,(H2,55,56,57)(H2,58,59,60). The Labute approximate surface area is 351 Å². The summed E-state index contributed by atoms with van der Waals surface area (Å²) in [5, 5.41) is 4.75. The van der Waals surface area contributed by atoms with Crippen LogP contribution >= 0.6 is 15.2 Å². The summed E-state index contributed by atoms with van der Waals surface area (Å²) < 4.78 is 25.7. The van der Waals surface area contributed by atoms with Gasteiger partial charge in [-0.3, -0.25) is 19.1 Å². The molecular weight excluding hydrogens is 819 g/mol. The molecule has 14 heteroatoms. The largest absolute Gasteiger partial charge is 0.356 e. The number of fused-ring (bicyclic) bond motifs is 9. The van der Waals surface area contributed by atoms with Gasteiger partial charge >= 0.3 is 15.2 Å². The average molecular weight is 849 g/mol. The van der Waals surface area contributed by atoms with Crippen LogP contribution < -0.4 is 10.6 Å². The topological polar surface area (TPSA) is 192 Å². The third-order valence-electron chi connectivity index (χ3n) is 11.1. The first-order valence-electron chi connectivity index (χ1n) is 19.4. The van der Waals surface area contributed by atoms with Crippen molar-refractivity contribution >= 4 is 91.2 Å². The molecule has 0 aliphatic heterocycles. The SMILES string of the molecule is O=P(O)(O)c1cc(-c2ccc3ccc4cccnc4c3n2)cc(-c2ccc3ccc4ccc(-c5cc(-c6ccc7ccc8cccnc8c7n6)cc(P(=O)(O)O)c5)nc4c3n2)c1. The van der Waals surface area contributed by atoms with E-state index in [4.69, 9.17) is 19.9 Å². The molecule has 0 unspecified atom stereocenters. The Bertz CT molecular complexity index is 3550. The molecule has 11 rings (SSSR count). The Morgan fingerprint density at radius 1 is 0.323 bits per heavy atom. The molecule has 0 amide bonds. The highest BCUT2D eigenvalue weighted by atomic mass is 31.2. The molecule has 0 saturated heterocycles. The molecule has 6 aromatic heterocycles. The monoisotopic (exact) mass is 848 g/mol. The average Bonchev–Trinajstić information content (AvgIpc) is 3.29. The Hall–Kier alpha value is -7.14. The summed E-state index contributed by atoms with van der Waals surface area (Å²) in [6.07, 6.45) is 3.41. The van der Waals surface area contributed by atoms with Crippen LogP contribution in [0.25, 0.3) is 110 Å². The zero-order chi connectivity index (χ0) is 42.3. The minimum atomic E-state index is -4.74. The van der Waals surface area contributed by atoms with E-state index >= 15 is 0 Å². The molecule has 6 heterocycles. The van der Waals surface area contributed by atoms with Crippen LogP contribution in [-0.4, -0.2) is 49.5 Å². The number of benzene rings is 5. The molecule has 11 aromatic rings. The second-order valence-electron chi connectivity index (χ2n) is 15.0. The van der Waals surface area contributed by atoms with Crippen molar-refractivity contribution in [2.45, 2.75) is 0 Å². The molecule has 0 saturated carbocycles. The first-order valence-corrected chi connectivity index (χ1v) is 22.6. The van der Waals surface area contributed by atoms with E-state index in [2.05, 4.69) is 9.97 Å². The highest BCUT2D eigenvalue weighted by Gasteiger charge is 2.23. The number of pyridine rings is 6. The predicted molar refractivity (Wildman–Crippen MR) is 243 cm³/mol. The maximum atomic E-state index is 12.8. The van der Waals surface area contributed by atoms with Gasteiger partial charge in [0.15, 0.2) is 0 Å². The van der Waals surface area contributed by atoms with E-state index in [1.807, 2.05) is 97.1 Å². The Morgan fingerprint density at radius 3 is 0.871 bits per heavy atom. The van der Waals surface area contributed by atoms with Crippen molar-refractivity contribution in [2.75, 3.05) is 0 Å². The van der Waals surface area contributed by atoms with Gasteiger partial charge in [-0.25, -0.2) is 19.9 Å². The molecular formula is C48H30N6O6P2. The van der Waals surface area contributed by atoms with Gasteiger partial charge in [-0.05, 0) is 72.8 Å². The summed E-state index contributed by atoms with van der Waals surface area (Å²) in [6, 6.07) is 43.5. The number of rotatable bonds is 6. The zero-order valence-corrected chi connectivity index (χ0v) is 34.0. The van der Waals surface area contributed by atoms with Crippen molar-refractivity contribution in [3.8, 4) is 45.0 Å². The lowest BCUT2D eigenvalue weighted by atomic mass is 10.0. The smallest absolute Gasteiger partial charge is 0.321 e. The highest BCUT2D eigenvalue weighted by Crippen LogP contribution is 2.40. The maximum absolute atomic E-state index is 12.8. The van der Waals surface area contributed by atoms with Crippen molar-refractivity contribution in [1.82, 2.24) is 29.9 Å².